The average Bonchev–Trinajstić information content (AvgIpc) is 2.99. The van der Waals surface area contributed by atoms with E-state index >= 15 is 0 Å². The van der Waals surface area contributed by atoms with Crippen molar-refractivity contribution in [2.45, 2.75) is 25.7 Å². The summed E-state index contributed by atoms with van der Waals surface area (Å²) in [4.78, 5) is 12.8. The number of carbonyl (C=O) groups excluding carboxylic acids is 1. The lowest BCUT2D eigenvalue weighted by molar-refractivity contribution is 0.0998. The number of aryl methyl sites for hydroxylation is 1. The molecular weight excluding hydrogens is 444 g/mol. The molecule has 0 aliphatic carbocycles. The molecule has 1 heterocycles. The van der Waals surface area contributed by atoms with Crippen LogP contribution in [0, 0.1) is 6.92 Å². The fraction of sp³-hybridized carbons (Fsp3) is 0.250. The van der Waals surface area contributed by atoms with Crippen LogP contribution in [0.15, 0.2) is 56.2 Å². The SMILES string of the molecule is CCN(CC)S(=O)(=O)c1ccc(NC(=O)c2oc3ccc(Br)cc3c2C)cc1. The van der Waals surface area contributed by atoms with Crippen molar-refractivity contribution in [3.8, 4) is 0 Å². The molecule has 0 spiro atoms. The molecule has 0 saturated heterocycles. The minimum Gasteiger partial charge on any atom is -0.451 e. The Morgan fingerprint density at radius 1 is 1.11 bits per heavy atom. The number of hydrogen-bond acceptors (Lipinski definition) is 4. The number of hydrogen-bond donors (Lipinski definition) is 1. The first-order valence-corrected chi connectivity index (χ1v) is 11.1. The van der Waals surface area contributed by atoms with Gasteiger partial charge in [0.05, 0.1) is 4.90 Å². The quantitative estimate of drug-likeness (QED) is 0.568. The summed E-state index contributed by atoms with van der Waals surface area (Å²) in [6, 6.07) is 11.7. The third kappa shape index (κ3) is 3.85. The van der Waals surface area contributed by atoms with E-state index in [1.807, 2.05) is 19.1 Å². The van der Waals surface area contributed by atoms with E-state index < -0.39 is 10.0 Å². The molecule has 0 saturated carbocycles. The number of carbonyl (C=O) groups is 1. The maximum absolute atomic E-state index is 12.6. The predicted octanol–water partition coefficient (Wildman–Crippen LogP) is 4.79. The maximum Gasteiger partial charge on any atom is 0.291 e. The van der Waals surface area contributed by atoms with Gasteiger partial charge in [0.2, 0.25) is 10.0 Å². The van der Waals surface area contributed by atoms with Crippen molar-refractivity contribution in [2.24, 2.45) is 0 Å². The smallest absolute Gasteiger partial charge is 0.291 e. The van der Waals surface area contributed by atoms with E-state index in [2.05, 4.69) is 21.2 Å². The number of halogens is 1. The molecule has 8 heteroatoms. The van der Waals surface area contributed by atoms with Crippen LogP contribution in [0.3, 0.4) is 0 Å². The van der Waals surface area contributed by atoms with E-state index in [4.69, 9.17) is 4.42 Å². The van der Waals surface area contributed by atoms with Crippen molar-refractivity contribution in [2.75, 3.05) is 18.4 Å². The Balaban J connectivity index is 1.83. The van der Waals surface area contributed by atoms with Gasteiger partial charge in [-0.1, -0.05) is 29.8 Å². The molecular formula is C20H21BrN2O4S. The molecule has 0 atom stereocenters. The van der Waals surface area contributed by atoms with Crippen molar-refractivity contribution >= 4 is 48.5 Å². The van der Waals surface area contributed by atoms with Gasteiger partial charge < -0.3 is 9.73 Å². The molecule has 3 rings (SSSR count). The summed E-state index contributed by atoms with van der Waals surface area (Å²) in [6.07, 6.45) is 0. The Morgan fingerprint density at radius 3 is 2.36 bits per heavy atom. The van der Waals surface area contributed by atoms with Gasteiger partial charge in [0.1, 0.15) is 5.58 Å². The van der Waals surface area contributed by atoms with Crippen molar-refractivity contribution in [3.63, 3.8) is 0 Å². The average molecular weight is 465 g/mol. The van der Waals surface area contributed by atoms with Crippen LogP contribution < -0.4 is 5.32 Å². The molecule has 0 aliphatic rings. The van der Waals surface area contributed by atoms with E-state index in [0.29, 0.717) is 24.4 Å². The number of benzene rings is 2. The normalized spacial score (nSPS) is 11.9. The van der Waals surface area contributed by atoms with Crippen LogP contribution in [0.1, 0.15) is 30.0 Å². The zero-order valence-electron chi connectivity index (χ0n) is 15.8. The van der Waals surface area contributed by atoms with Crippen molar-refractivity contribution in [3.05, 3.63) is 58.3 Å². The lowest BCUT2D eigenvalue weighted by Crippen LogP contribution is -2.30. The summed E-state index contributed by atoms with van der Waals surface area (Å²) in [6.45, 7) is 6.22. The summed E-state index contributed by atoms with van der Waals surface area (Å²) in [5.41, 5.74) is 1.87. The summed E-state index contributed by atoms with van der Waals surface area (Å²) in [5.74, 6) is -0.155. The second-order valence-corrected chi connectivity index (χ2v) is 9.12. The molecule has 0 aliphatic heterocycles. The van der Waals surface area contributed by atoms with E-state index in [-0.39, 0.29) is 16.6 Å². The Kier molecular flexibility index (Phi) is 5.92. The van der Waals surface area contributed by atoms with Crippen LogP contribution in [-0.4, -0.2) is 31.7 Å². The summed E-state index contributed by atoms with van der Waals surface area (Å²) >= 11 is 3.42. The Morgan fingerprint density at radius 2 is 1.75 bits per heavy atom. The lowest BCUT2D eigenvalue weighted by atomic mass is 10.1. The molecule has 1 aromatic heterocycles. The third-order valence-electron chi connectivity index (χ3n) is 4.56. The number of anilines is 1. The Bertz CT molecular complexity index is 1120. The number of nitrogens with one attached hydrogen (secondary N) is 1. The van der Waals surface area contributed by atoms with Crippen molar-refractivity contribution in [1.82, 2.24) is 4.31 Å². The van der Waals surface area contributed by atoms with Gasteiger partial charge in [0.15, 0.2) is 5.76 Å². The highest BCUT2D eigenvalue weighted by atomic mass is 79.9. The number of amides is 1. The van der Waals surface area contributed by atoms with E-state index in [9.17, 15) is 13.2 Å². The van der Waals surface area contributed by atoms with Crippen molar-refractivity contribution in [1.29, 1.82) is 0 Å². The largest absolute Gasteiger partial charge is 0.451 e. The van der Waals surface area contributed by atoms with Crippen LogP contribution >= 0.6 is 15.9 Å². The molecule has 0 radical (unpaired) electrons. The van der Waals surface area contributed by atoms with Crippen LogP contribution in [0.5, 0.6) is 0 Å². The molecule has 1 amide bonds. The minimum absolute atomic E-state index is 0.193. The molecule has 0 fully saturated rings. The highest BCUT2D eigenvalue weighted by molar-refractivity contribution is 9.10. The first-order valence-electron chi connectivity index (χ1n) is 8.88. The first-order chi connectivity index (χ1) is 13.3. The van der Waals surface area contributed by atoms with Gasteiger partial charge in [-0.05, 0) is 49.4 Å². The second kappa shape index (κ2) is 8.06. The monoisotopic (exact) mass is 464 g/mol. The summed E-state index contributed by atoms with van der Waals surface area (Å²) in [7, 11) is -3.53. The van der Waals surface area contributed by atoms with Gasteiger partial charge in [-0.15, -0.1) is 0 Å². The highest BCUT2D eigenvalue weighted by Gasteiger charge is 2.22. The first kappa shape index (κ1) is 20.6. The summed E-state index contributed by atoms with van der Waals surface area (Å²) < 4.78 is 33.1. The zero-order valence-corrected chi connectivity index (χ0v) is 18.2. The number of rotatable bonds is 6. The number of nitrogens with zero attached hydrogens (tertiary/aromatic N) is 1. The molecule has 0 bridgehead atoms. The highest BCUT2D eigenvalue weighted by Crippen LogP contribution is 2.28. The molecule has 28 heavy (non-hydrogen) atoms. The Hall–Kier alpha value is -2.16. The van der Waals surface area contributed by atoms with Crippen molar-refractivity contribution < 1.29 is 17.6 Å². The van der Waals surface area contributed by atoms with Gasteiger partial charge in [-0.25, -0.2) is 8.42 Å². The Labute approximate surface area is 172 Å². The van der Waals surface area contributed by atoms with E-state index in [1.54, 1.807) is 32.0 Å². The third-order valence-corrected chi connectivity index (χ3v) is 7.12. The van der Waals surface area contributed by atoms with Gasteiger partial charge in [0, 0.05) is 34.2 Å². The molecule has 3 aromatic rings. The fourth-order valence-corrected chi connectivity index (χ4v) is 4.84. The molecule has 148 valence electrons. The van der Waals surface area contributed by atoms with Crippen LogP contribution in [0.25, 0.3) is 11.0 Å². The standard InChI is InChI=1S/C20H21BrN2O4S/c1-4-23(5-2)28(25,26)16-9-7-15(8-10-16)22-20(24)19-13(3)17-12-14(21)6-11-18(17)27-19/h6-12H,4-5H2,1-3H3,(H,22,24). The molecule has 6 nitrogen and oxygen atoms in total. The fourth-order valence-electron chi connectivity index (χ4n) is 3.02. The molecule has 1 N–H and O–H groups in total. The van der Waals surface area contributed by atoms with Crippen LogP contribution in [0.4, 0.5) is 5.69 Å². The number of fused-ring (bicyclic) bond motifs is 1. The topological polar surface area (TPSA) is 79.6 Å². The second-order valence-electron chi connectivity index (χ2n) is 6.26. The van der Waals surface area contributed by atoms with Gasteiger partial charge in [-0.3, -0.25) is 4.79 Å². The minimum atomic E-state index is -3.53. The summed E-state index contributed by atoms with van der Waals surface area (Å²) in [5, 5.41) is 3.62. The number of furan rings is 1. The zero-order chi connectivity index (χ0) is 20.5. The van der Waals surface area contributed by atoms with E-state index in [1.165, 1.54) is 16.4 Å². The predicted molar refractivity (Wildman–Crippen MR) is 113 cm³/mol. The van der Waals surface area contributed by atoms with Crippen LogP contribution in [0.2, 0.25) is 0 Å². The van der Waals surface area contributed by atoms with Gasteiger partial charge >= 0.3 is 0 Å². The molecule has 0 unspecified atom stereocenters. The molecule has 2 aromatic carbocycles. The van der Waals surface area contributed by atoms with E-state index in [0.717, 1.165) is 15.4 Å². The van der Waals surface area contributed by atoms with Gasteiger partial charge in [0.25, 0.3) is 5.91 Å². The maximum atomic E-state index is 12.6. The van der Waals surface area contributed by atoms with Crippen LogP contribution in [-0.2, 0) is 10.0 Å². The number of sulfonamides is 1. The van der Waals surface area contributed by atoms with Gasteiger partial charge in [-0.2, -0.15) is 4.31 Å². The lowest BCUT2D eigenvalue weighted by Gasteiger charge is -2.18.